The number of hydrogen-bond donors (Lipinski definition) is 1. The van der Waals surface area contributed by atoms with Crippen molar-refractivity contribution in [3.05, 3.63) is 52.0 Å². The van der Waals surface area contributed by atoms with Crippen molar-refractivity contribution in [3.63, 3.8) is 0 Å². The zero-order valence-electron chi connectivity index (χ0n) is 13.0. The highest BCUT2D eigenvalue weighted by Gasteiger charge is 2.13. The molecule has 0 spiro atoms. The Morgan fingerprint density at radius 3 is 2.42 bits per heavy atom. The second kappa shape index (κ2) is 6.97. The van der Waals surface area contributed by atoms with E-state index in [9.17, 15) is 4.79 Å². The molecule has 0 aliphatic rings. The Balaban J connectivity index is 1.79. The largest absolute Gasteiger partial charge is 0.491 e. The predicted molar refractivity (Wildman–Crippen MR) is 99.8 cm³/mol. The fraction of sp³-hybridized carbons (Fsp3) is 0.176. The number of carbonyl (C=O) groups is 1. The van der Waals surface area contributed by atoms with Crippen LogP contribution >= 0.6 is 34.5 Å². The van der Waals surface area contributed by atoms with Crippen LogP contribution in [0.15, 0.2) is 36.4 Å². The molecule has 2 aromatic carbocycles. The van der Waals surface area contributed by atoms with Gasteiger partial charge in [0.05, 0.1) is 20.8 Å². The van der Waals surface area contributed by atoms with Gasteiger partial charge in [0.2, 0.25) is 0 Å². The van der Waals surface area contributed by atoms with E-state index in [2.05, 4.69) is 10.3 Å². The molecule has 1 aromatic heterocycles. The number of aromatic nitrogens is 1. The maximum Gasteiger partial charge on any atom is 0.257 e. The lowest BCUT2D eigenvalue weighted by molar-refractivity contribution is 0.102. The lowest BCUT2D eigenvalue weighted by atomic mass is 10.2. The zero-order valence-corrected chi connectivity index (χ0v) is 15.3. The molecule has 3 aromatic rings. The number of amides is 1. The number of fused-ring (bicyclic) bond motifs is 1. The first-order valence-electron chi connectivity index (χ1n) is 7.26. The van der Waals surface area contributed by atoms with E-state index >= 15 is 0 Å². The van der Waals surface area contributed by atoms with Crippen molar-refractivity contribution < 1.29 is 9.53 Å². The van der Waals surface area contributed by atoms with E-state index in [1.807, 2.05) is 13.8 Å². The smallest absolute Gasteiger partial charge is 0.257 e. The molecule has 1 heterocycles. The molecular weight excluding hydrogens is 367 g/mol. The quantitative estimate of drug-likeness (QED) is 0.636. The fourth-order valence-electron chi connectivity index (χ4n) is 2.12. The Labute approximate surface area is 153 Å². The Bertz CT molecular complexity index is 852. The summed E-state index contributed by atoms with van der Waals surface area (Å²) in [5.74, 6) is 0.470. The number of nitrogens with zero attached hydrogens (tertiary/aromatic N) is 1. The number of thiazole rings is 1. The summed E-state index contributed by atoms with van der Waals surface area (Å²) in [5, 5.41) is 4.28. The summed E-state index contributed by atoms with van der Waals surface area (Å²) in [6.45, 7) is 3.90. The van der Waals surface area contributed by atoms with Crippen molar-refractivity contribution in [1.82, 2.24) is 4.98 Å². The molecule has 0 aliphatic carbocycles. The lowest BCUT2D eigenvalue weighted by Crippen LogP contribution is -2.12. The SMILES string of the molecule is CC(C)Oc1ccc(C(=O)Nc2nc3c(Cl)ccc(Cl)c3s2)cc1. The summed E-state index contributed by atoms with van der Waals surface area (Å²) < 4.78 is 6.31. The van der Waals surface area contributed by atoms with Crippen LogP contribution in [0.3, 0.4) is 0 Å². The van der Waals surface area contributed by atoms with Gasteiger partial charge in [-0.15, -0.1) is 0 Å². The van der Waals surface area contributed by atoms with Crippen LogP contribution in [0, 0.1) is 0 Å². The van der Waals surface area contributed by atoms with Gasteiger partial charge in [0.25, 0.3) is 5.91 Å². The monoisotopic (exact) mass is 380 g/mol. The van der Waals surface area contributed by atoms with Gasteiger partial charge in [0, 0.05) is 5.56 Å². The third-order valence-corrected chi connectivity index (χ3v) is 4.89. The zero-order chi connectivity index (χ0) is 17.3. The topological polar surface area (TPSA) is 51.2 Å². The lowest BCUT2D eigenvalue weighted by Gasteiger charge is -2.09. The van der Waals surface area contributed by atoms with Gasteiger partial charge in [0.15, 0.2) is 5.13 Å². The van der Waals surface area contributed by atoms with Gasteiger partial charge in [-0.2, -0.15) is 0 Å². The first-order chi connectivity index (χ1) is 11.4. The maximum absolute atomic E-state index is 12.3. The van der Waals surface area contributed by atoms with E-state index in [0.29, 0.717) is 26.3 Å². The van der Waals surface area contributed by atoms with Crippen LogP contribution in [0.1, 0.15) is 24.2 Å². The number of nitrogens with one attached hydrogen (secondary N) is 1. The number of halogens is 2. The average Bonchev–Trinajstić information content (AvgIpc) is 2.96. The predicted octanol–water partition coefficient (Wildman–Crippen LogP) is 5.64. The summed E-state index contributed by atoms with van der Waals surface area (Å²) in [6, 6.07) is 10.3. The third-order valence-electron chi connectivity index (χ3n) is 3.16. The minimum absolute atomic E-state index is 0.0851. The fourth-order valence-corrected chi connectivity index (χ4v) is 3.54. The molecule has 1 N–H and O–H groups in total. The molecule has 7 heteroatoms. The normalized spacial score (nSPS) is 11.0. The molecule has 0 unspecified atom stereocenters. The molecule has 0 saturated carbocycles. The van der Waals surface area contributed by atoms with Gasteiger partial charge in [-0.1, -0.05) is 34.5 Å². The Hall–Kier alpha value is -1.82. The van der Waals surface area contributed by atoms with Crippen LogP contribution in [0.5, 0.6) is 5.75 Å². The van der Waals surface area contributed by atoms with Crippen molar-refractivity contribution in [2.45, 2.75) is 20.0 Å². The number of carbonyl (C=O) groups excluding carboxylic acids is 1. The van der Waals surface area contributed by atoms with E-state index in [1.54, 1.807) is 36.4 Å². The van der Waals surface area contributed by atoms with Gasteiger partial charge >= 0.3 is 0 Å². The van der Waals surface area contributed by atoms with Crippen molar-refractivity contribution >= 4 is 55.8 Å². The molecule has 0 fully saturated rings. The van der Waals surface area contributed by atoms with Crippen LogP contribution in [-0.2, 0) is 0 Å². The summed E-state index contributed by atoms with van der Waals surface area (Å²) in [6.07, 6.45) is 0.0851. The first kappa shape index (κ1) is 17.0. The van der Waals surface area contributed by atoms with Crippen molar-refractivity contribution in [1.29, 1.82) is 0 Å². The maximum atomic E-state index is 12.3. The van der Waals surface area contributed by atoms with Crippen LogP contribution in [-0.4, -0.2) is 17.0 Å². The molecule has 24 heavy (non-hydrogen) atoms. The Morgan fingerprint density at radius 2 is 1.79 bits per heavy atom. The molecule has 0 radical (unpaired) electrons. The summed E-state index contributed by atoms with van der Waals surface area (Å²) in [7, 11) is 0. The molecule has 0 aliphatic heterocycles. The molecule has 0 bridgehead atoms. The summed E-state index contributed by atoms with van der Waals surface area (Å²) >= 11 is 13.5. The second-order valence-electron chi connectivity index (χ2n) is 5.37. The Morgan fingerprint density at radius 1 is 1.12 bits per heavy atom. The number of anilines is 1. The van der Waals surface area contributed by atoms with Crippen LogP contribution in [0.2, 0.25) is 10.0 Å². The summed E-state index contributed by atoms with van der Waals surface area (Å²) in [4.78, 5) is 16.7. The molecule has 1 amide bonds. The van der Waals surface area contributed by atoms with Gasteiger partial charge in [-0.25, -0.2) is 4.98 Å². The van der Waals surface area contributed by atoms with E-state index < -0.39 is 0 Å². The number of hydrogen-bond acceptors (Lipinski definition) is 4. The van der Waals surface area contributed by atoms with Gasteiger partial charge < -0.3 is 4.74 Å². The van der Waals surface area contributed by atoms with E-state index in [4.69, 9.17) is 27.9 Å². The number of ether oxygens (including phenoxy) is 1. The number of rotatable bonds is 4. The number of benzene rings is 2. The molecule has 0 saturated heterocycles. The van der Waals surface area contributed by atoms with Gasteiger partial charge in [0.1, 0.15) is 11.3 Å². The second-order valence-corrected chi connectivity index (χ2v) is 7.18. The minimum atomic E-state index is -0.252. The highest BCUT2D eigenvalue weighted by atomic mass is 35.5. The van der Waals surface area contributed by atoms with Gasteiger partial charge in [-0.3, -0.25) is 10.1 Å². The highest BCUT2D eigenvalue weighted by molar-refractivity contribution is 7.23. The van der Waals surface area contributed by atoms with E-state index in [-0.39, 0.29) is 12.0 Å². The van der Waals surface area contributed by atoms with Crippen molar-refractivity contribution in [2.24, 2.45) is 0 Å². The molecule has 0 atom stereocenters. The van der Waals surface area contributed by atoms with Crippen molar-refractivity contribution in [2.75, 3.05) is 5.32 Å². The summed E-state index contributed by atoms with van der Waals surface area (Å²) in [5.41, 5.74) is 1.10. The first-order valence-corrected chi connectivity index (χ1v) is 8.84. The van der Waals surface area contributed by atoms with Gasteiger partial charge in [-0.05, 0) is 50.2 Å². The average molecular weight is 381 g/mol. The molecule has 124 valence electrons. The minimum Gasteiger partial charge on any atom is -0.491 e. The van der Waals surface area contributed by atoms with Crippen molar-refractivity contribution in [3.8, 4) is 5.75 Å². The van der Waals surface area contributed by atoms with Crippen LogP contribution in [0.25, 0.3) is 10.2 Å². The van der Waals surface area contributed by atoms with Crippen LogP contribution in [0.4, 0.5) is 5.13 Å². The third kappa shape index (κ3) is 3.64. The van der Waals surface area contributed by atoms with E-state index in [1.165, 1.54) is 11.3 Å². The van der Waals surface area contributed by atoms with E-state index in [0.717, 1.165) is 10.4 Å². The molecule has 4 nitrogen and oxygen atoms in total. The molecule has 3 rings (SSSR count). The standard InChI is InChI=1S/C17H14Cl2N2O2S/c1-9(2)23-11-5-3-10(4-6-11)16(22)21-17-20-14-12(18)7-8-13(19)15(14)24-17/h3-9H,1-2H3,(H,20,21,22). The highest BCUT2D eigenvalue weighted by Crippen LogP contribution is 2.36. The molecular formula is C17H14Cl2N2O2S. The van der Waals surface area contributed by atoms with Crippen LogP contribution < -0.4 is 10.1 Å². The Kier molecular flexibility index (Phi) is 4.94.